The van der Waals surface area contributed by atoms with Gasteiger partial charge < -0.3 is 15.4 Å². The first-order chi connectivity index (χ1) is 9.08. The van der Waals surface area contributed by atoms with Gasteiger partial charge in [-0.3, -0.25) is 9.78 Å². The molecule has 0 aliphatic rings. The summed E-state index contributed by atoms with van der Waals surface area (Å²) in [7, 11) is 0. The predicted octanol–water partition coefficient (Wildman–Crippen LogP) is 1.22. The van der Waals surface area contributed by atoms with Crippen LogP contribution in [-0.2, 0) is 16.1 Å². The summed E-state index contributed by atoms with van der Waals surface area (Å²) in [6, 6.07) is 3.33. The van der Waals surface area contributed by atoms with Crippen LogP contribution in [-0.4, -0.2) is 29.6 Å². The maximum Gasteiger partial charge on any atom is 0.315 e. The fourth-order valence-electron chi connectivity index (χ4n) is 1.35. The van der Waals surface area contributed by atoms with Gasteiger partial charge in [0, 0.05) is 25.5 Å². The van der Waals surface area contributed by atoms with Gasteiger partial charge in [0.1, 0.15) is 0 Å². The Labute approximate surface area is 112 Å². The molecule has 19 heavy (non-hydrogen) atoms. The lowest BCUT2D eigenvalue weighted by Crippen LogP contribution is -2.36. The van der Waals surface area contributed by atoms with Crippen LogP contribution < -0.4 is 10.6 Å². The van der Waals surface area contributed by atoms with Crippen LogP contribution in [0.15, 0.2) is 24.5 Å². The van der Waals surface area contributed by atoms with Gasteiger partial charge in [0.2, 0.25) is 0 Å². The molecule has 0 radical (unpaired) electrons. The number of nitrogens with zero attached hydrogens (tertiary/aromatic N) is 1. The molecule has 1 heterocycles. The summed E-state index contributed by atoms with van der Waals surface area (Å²) in [5.74, 6) is -0.315. The van der Waals surface area contributed by atoms with Crippen LogP contribution in [0.4, 0.5) is 4.79 Å². The van der Waals surface area contributed by atoms with Crippen molar-refractivity contribution in [3.63, 3.8) is 0 Å². The zero-order chi connectivity index (χ0) is 14.1. The highest BCUT2D eigenvalue weighted by Gasteiger charge is 2.06. The van der Waals surface area contributed by atoms with E-state index >= 15 is 0 Å². The summed E-state index contributed by atoms with van der Waals surface area (Å²) in [6.45, 7) is 4.25. The minimum atomic E-state index is -0.315. The highest BCUT2D eigenvalue weighted by atomic mass is 16.5. The van der Waals surface area contributed by atoms with Crippen LogP contribution in [0, 0.1) is 0 Å². The van der Waals surface area contributed by atoms with Crippen LogP contribution in [0.3, 0.4) is 0 Å². The molecule has 0 aromatic carbocycles. The smallest absolute Gasteiger partial charge is 0.315 e. The van der Waals surface area contributed by atoms with Gasteiger partial charge >= 0.3 is 12.0 Å². The molecule has 0 unspecified atom stereocenters. The summed E-state index contributed by atoms with van der Waals surface area (Å²) in [5, 5.41) is 5.27. The second-order valence-corrected chi connectivity index (χ2v) is 4.25. The molecule has 0 aliphatic heterocycles. The number of hydrogen-bond acceptors (Lipinski definition) is 4. The normalized spacial score (nSPS) is 10.1. The zero-order valence-corrected chi connectivity index (χ0v) is 11.2. The Balaban J connectivity index is 2.13. The molecule has 0 bridgehead atoms. The molecule has 104 valence electrons. The second kappa shape index (κ2) is 8.07. The first-order valence-electron chi connectivity index (χ1n) is 6.18. The van der Waals surface area contributed by atoms with Crippen LogP contribution in [0.25, 0.3) is 0 Å². The van der Waals surface area contributed by atoms with E-state index in [-0.39, 0.29) is 31.1 Å². The minimum absolute atomic E-state index is 0.131. The maximum absolute atomic E-state index is 11.4. The third-order valence-electron chi connectivity index (χ3n) is 2.18. The average Bonchev–Trinajstić information content (AvgIpc) is 2.36. The molecule has 1 aromatic heterocycles. The van der Waals surface area contributed by atoms with Crippen molar-refractivity contribution in [1.29, 1.82) is 0 Å². The van der Waals surface area contributed by atoms with Crippen molar-refractivity contribution in [2.75, 3.05) is 6.54 Å². The van der Waals surface area contributed by atoms with Gasteiger partial charge in [0.25, 0.3) is 0 Å². The molecular weight excluding hydrogens is 246 g/mol. The molecular formula is C13H19N3O3. The fraction of sp³-hybridized carbons (Fsp3) is 0.462. The summed E-state index contributed by atoms with van der Waals surface area (Å²) < 4.78 is 4.94. The first kappa shape index (κ1) is 14.9. The topological polar surface area (TPSA) is 80.3 Å². The number of nitrogens with one attached hydrogen (secondary N) is 2. The highest BCUT2D eigenvalue weighted by molar-refractivity contribution is 5.75. The minimum Gasteiger partial charge on any atom is -0.463 e. The van der Waals surface area contributed by atoms with Gasteiger partial charge in [0.15, 0.2) is 0 Å². The van der Waals surface area contributed by atoms with Gasteiger partial charge in [0.05, 0.1) is 12.5 Å². The van der Waals surface area contributed by atoms with E-state index in [0.717, 1.165) is 5.56 Å². The fourth-order valence-corrected chi connectivity index (χ4v) is 1.35. The third kappa shape index (κ3) is 7.03. The van der Waals surface area contributed by atoms with Crippen LogP contribution in [0.1, 0.15) is 25.8 Å². The molecule has 1 aromatic rings. The third-order valence-corrected chi connectivity index (χ3v) is 2.18. The van der Waals surface area contributed by atoms with Crippen LogP contribution in [0.5, 0.6) is 0 Å². The number of hydrogen-bond donors (Lipinski definition) is 2. The van der Waals surface area contributed by atoms with Crippen molar-refractivity contribution in [1.82, 2.24) is 15.6 Å². The number of ether oxygens (including phenoxy) is 1. The van der Waals surface area contributed by atoms with Crippen molar-refractivity contribution < 1.29 is 14.3 Å². The largest absolute Gasteiger partial charge is 0.463 e. The molecule has 6 heteroatoms. The number of aromatic nitrogens is 1. The molecule has 0 aliphatic carbocycles. The summed E-state index contributed by atoms with van der Waals surface area (Å²) in [5.41, 5.74) is 0.962. The Morgan fingerprint density at radius 1 is 1.26 bits per heavy atom. The average molecular weight is 265 g/mol. The molecule has 1 rings (SSSR count). The quantitative estimate of drug-likeness (QED) is 0.758. The van der Waals surface area contributed by atoms with Gasteiger partial charge in [-0.25, -0.2) is 4.79 Å². The monoisotopic (exact) mass is 265 g/mol. The number of carbonyl (C=O) groups is 2. The lowest BCUT2D eigenvalue weighted by atomic mass is 10.3. The van der Waals surface area contributed by atoms with E-state index in [4.69, 9.17) is 4.74 Å². The van der Waals surface area contributed by atoms with Crippen molar-refractivity contribution in [3.8, 4) is 0 Å². The molecule has 0 saturated heterocycles. The lowest BCUT2D eigenvalue weighted by Gasteiger charge is -2.09. The van der Waals surface area contributed by atoms with Crippen molar-refractivity contribution >= 4 is 12.0 Å². The molecule has 0 atom stereocenters. The summed E-state index contributed by atoms with van der Waals surface area (Å²) >= 11 is 0. The molecule has 6 nitrogen and oxygen atoms in total. The Bertz CT molecular complexity index is 407. The number of rotatable bonds is 6. The maximum atomic E-state index is 11.4. The van der Waals surface area contributed by atoms with E-state index in [0.29, 0.717) is 6.54 Å². The second-order valence-electron chi connectivity index (χ2n) is 4.25. The summed E-state index contributed by atoms with van der Waals surface area (Å²) in [6.07, 6.45) is 3.36. The van der Waals surface area contributed by atoms with E-state index < -0.39 is 0 Å². The van der Waals surface area contributed by atoms with Crippen LogP contribution >= 0.6 is 0 Å². The summed E-state index contributed by atoms with van der Waals surface area (Å²) in [4.78, 5) is 26.5. The molecule has 0 saturated carbocycles. The van der Waals surface area contributed by atoms with E-state index in [1.54, 1.807) is 26.2 Å². The SMILES string of the molecule is CC(C)OC(=O)CCNC(=O)NCc1ccncc1. The van der Waals surface area contributed by atoms with Crippen molar-refractivity contribution in [2.24, 2.45) is 0 Å². The van der Waals surface area contributed by atoms with E-state index in [1.165, 1.54) is 0 Å². The molecule has 2 N–H and O–H groups in total. The number of esters is 1. The van der Waals surface area contributed by atoms with Crippen molar-refractivity contribution in [3.05, 3.63) is 30.1 Å². The molecule has 0 fully saturated rings. The zero-order valence-electron chi connectivity index (χ0n) is 11.2. The highest BCUT2D eigenvalue weighted by Crippen LogP contribution is 1.95. The van der Waals surface area contributed by atoms with Gasteiger partial charge in [-0.05, 0) is 31.5 Å². The Hall–Kier alpha value is -2.11. The van der Waals surface area contributed by atoms with Crippen molar-refractivity contribution in [2.45, 2.75) is 32.9 Å². The van der Waals surface area contributed by atoms with E-state index in [1.807, 2.05) is 12.1 Å². The number of carbonyl (C=O) groups excluding carboxylic acids is 2. The lowest BCUT2D eigenvalue weighted by molar-refractivity contribution is -0.147. The Morgan fingerprint density at radius 3 is 2.58 bits per heavy atom. The Kier molecular flexibility index (Phi) is 6.35. The molecule has 0 spiro atoms. The number of urea groups is 1. The standard InChI is InChI=1S/C13H19N3O3/c1-10(2)19-12(17)5-8-15-13(18)16-9-11-3-6-14-7-4-11/h3-4,6-7,10H,5,8-9H2,1-2H3,(H2,15,16,18). The molecule has 2 amide bonds. The van der Waals surface area contributed by atoms with Crippen LogP contribution in [0.2, 0.25) is 0 Å². The number of pyridine rings is 1. The van der Waals surface area contributed by atoms with Gasteiger partial charge in [-0.1, -0.05) is 0 Å². The Morgan fingerprint density at radius 2 is 1.95 bits per heavy atom. The van der Waals surface area contributed by atoms with E-state index in [2.05, 4.69) is 15.6 Å². The number of amides is 2. The predicted molar refractivity (Wildman–Crippen MR) is 70.3 cm³/mol. The first-order valence-corrected chi connectivity index (χ1v) is 6.18. The van der Waals surface area contributed by atoms with E-state index in [9.17, 15) is 9.59 Å². The van der Waals surface area contributed by atoms with Gasteiger partial charge in [-0.2, -0.15) is 0 Å². The van der Waals surface area contributed by atoms with Gasteiger partial charge in [-0.15, -0.1) is 0 Å².